The highest BCUT2D eigenvalue weighted by atomic mass is 35.5. The molecule has 1 heterocycles. The lowest BCUT2D eigenvalue weighted by Crippen LogP contribution is -2.42. The molecular formula is C22H25ClN4O2S. The molecule has 8 heteroatoms. The normalized spacial score (nSPS) is 11.3. The van der Waals surface area contributed by atoms with Crippen LogP contribution in [-0.4, -0.2) is 22.2 Å². The first-order chi connectivity index (χ1) is 14.1. The number of ether oxygens (including phenoxy) is 1. The summed E-state index contributed by atoms with van der Waals surface area (Å²) in [5.41, 5.74) is 6.35. The predicted octanol–water partition coefficient (Wildman–Crippen LogP) is 6.17. The van der Waals surface area contributed by atoms with Crippen molar-refractivity contribution in [3.63, 3.8) is 0 Å². The second-order valence-electron chi connectivity index (χ2n) is 7.75. The van der Waals surface area contributed by atoms with Crippen molar-refractivity contribution in [3.8, 4) is 5.75 Å². The Morgan fingerprint density at radius 3 is 2.50 bits per heavy atom. The molecule has 0 atom stereocenters. The summed E-state index contributed by atoms with van der Waals surface area (Å²) in [5.74, 6) is 0.338. The maximum absolute atomic E-state index is 13.0. The highest BCUT2D eigenvalue weighted by Crippen LogP contribution is 2.35. The fraction of sp³-hybridized carbons (Fsp3) is 0.318. The van der Waals surface area contributed by atoms with Crippen molar-refractivity contribution in [1.29, 1.82) is 0 Å². The van der Waals surface area contributed by atoms with E-state index < -0.39 is 5.60 Å². The number of thiazole rings is 1. The van der Waals surface area contributed by atoms with Crippen molar-refractivity contribution in [3.05, 3.63) is 46.5 Å². The van der Waals surface area contributed by atoms with E-state index in [4.69, 9.17) is 16.3 Å². The van der Waals surface area contributed by atoms with Crippen LogP contribution in [0.5, 0.6) is 5.75 Å². The average Bonchev–Trinajstić information content (AvgIpc) is 3.08. The highest BCUT2D eigenvalue weighted by Gasteiger charge is 2.31. The molecule has 0 aliphatic heterocycles. The fourth-order valence-corrected chi connectivity index (χ4v) is 3.91. The quantitative estimate of drug-likeness (QED) is 0.352. The van der Waals surface area contributed by atoms with E-state index in [2.05, 4.69) is 20.8 Å². The minimum atomic E-state index is -1.07. The van der Waals surface area contributed by atoms with Gasteiger partial charge in [0.1, 0.15) is 5.75 Å². The number of fused-ring (bicyclic) bond motifs is 1. The third kappa shape index (κ3) is 4.91. The maximum Gasteiger partial charge on any atom is 0.267 e. The van der Waals surface area contributed by atoms with Crippen LogP contribution in [0.3, 0.4) is 0 Å². The van der Waals surface area contributed by atoms with Crippen molar-refractivity contribution in [2.75, 3.05) is 10.7 Å². The molecule has 6 nitrogen and oxygen atoms in total. The topological polar surface area (TPSA) is 75.6 Å². The first-order valence-electron chi connectivity index (χ1n) is 9.50. The number of hydrazone groups is 1. The van der Waals surface area contributed by atoms with Gasteiger partial charge in [-0.2, -0.15) is 5.10 Å². The number of carbonyl (C=O) groups is 1. The number of aryl methyl sites for hydroxylation is 2. The lowest BCUT2D eigenvalue weighted by Gasteiger charge is -2.26. The molecule has 3 rings (SSSR count). The molecule has 0 radical (unpaired) electrons. The molecule has 0 aliphatic carbocycles. The lowest BCUT2D eigenvalue weighted by molar-refractivity contribution is -0.128. The summed E-state index contributed by atoms with van der Waals surface area (Å²) in [6, 6.07) is 8.91. The van der Waals surface area contributed by atoms with Crippen LogP contribution in [0.2, 0.25) is 5.02 Å². The first-order valence-corrected chi connectivity index (χ1v) is 10.7. The molecule has 1 aromatic heterocycles. The molecule has 2 aromatic carbocycles. The Hall–Kier alpha value is -2.64. The number of rotatable bonds is 6. The van der Waals surface area contributed by atoms with Gasteiger partial charge in [-0.25, -0.2) is 4.98 Å². The third-order valence-electron chi connectivity index (χ3n) is 4.46. The smallest absolute Gasteiger partial charge is 0.267 e. The molecule has 0 fully saturated rings. The van der Waals surface area contributed by atoms with Gasteiger partial charge in [-0.1, -0.05) is 22.9 Å². The predicted molar refractivity (Wildman–Crippen MR) is 126 cm³/mol. The monoisotopic (exact) mass is 444 g/mol. The van der Waals surface area contributed by atoms with E-state index in [-0.39, 0.29) is 5.91 Å². The summed E-state index contributed by atoms with van der Waals surface area (Å²) >= 11 is 7.42. The number of hydrogen-bond acceptors (Lipinski definition) is 6. The summed E-state index contributed by atoms with van der Waals surface area (Å²) in [5, 5.41) is 8.58. The van der Waals surface area contributed by atoms with E-state index in [0.717, 1.165) is 32.7 Å². The second kappa shape index (κ2) is 8.62. The highest BCUT2D eigenvalue weighted by molar-refractivity contribution is 7.22. The molecule has 1 amide bonds. The standard InChI is InChI=1S/C22H25ClN4O2S/c1-12(2)26-27-21-24-17-11-13(3)18(14(4)19(17)30-21)25-20(28)22(5,6)29-16-9-7-15(23)8-10-16/h7-11H,1-6H3,(H,24,27)(H,25,28). The largest absolute Gasteiger partial charge is 0.478 e. The van der Waals surface area contributed by atoms with Gasteiger partial charge in [0.15, 0.2) is 5.60 Å². The number of amides is 1. The first kappa shape index (κ1) is 22.1. The number of nitrogens with one attached hydrogen (secondary N) is 2. The van der Waals surface area contributed by atoms with Crippen LogP contribution < -0.4 is 15.5 Å². The van der Waals surface area contributed by atoms with Crippen molar-refractivity contribution in [1.82, 2.24) is 4.98 Å². The molecule has 30 heavy (non-hydrogen) atoms. The number of nitrogens with zero attached hydrogens (tertiary/aromatic N) is 2. The fourth-order valence-electron chi connectivity index (χ4n) is 2.89. The van der Waals surface area contributed by atoms with Gasteiger partial charge in [0, 0.05) is 16.4 Å². The van der Waals surface area contributed by atoms with E-state index in [1.807, 2.05) is 33.8 Å². The molecular weight excluding hydrogens is 420 g/mol. The number of hydrogen-bond donors (Lipinski definition) is 2. The van der Waals surface area contributed by atoms with Crippen LogP contribution in [0.25, 0.3) is 10.2 Å². The SMILES string of the molecule is CC(C)=NNc1nc2cc(C)c(NC(=O)C(C)(C)Oc3ccc(Cl)cc3)c(C)c2s1. The molecule has 158 valence electrons. The molecule has 0 spiro atoms. The zero-order valence-corrected chi connectivity index (χ0v) is 19.5. The van der Waals surface area contributed by atoms with Gasteiger partial charge in [0.2, 0.25) is 5.13 Å². The molecule has 3 aromatic rings. The zero-order valence-electron chi connectivity index (χ0n) is 17.9. The molecule has 2 N–H and O–H groups in total. The number of aromatic nitrogens is 1. The number of carbonyl (C=O) groups excluding carboxylic acids is 1. The van der Waals surface area contributed by atoms with E-state index in [1.54, 1.807) is 38.1 Å². The van der Waals surface area contributed by atoms with Crippen molar-refractivity contribution in [2.45, 2.75) is 47.1 Å². The van der Waals surface area contributed by atoms with Crippen LogP contribution in [0.1, 0.15) is 38.8 Å². The molecule has 0 bridgehead atoms. The Balaban J connectivity index is 1.85. The third-order valence-corrected chi connectivity index (χ3v) is 5.81. The minimum absolute atomic E-state index is 0.239. The Labute approximate surface area is 185 Å². The van der Waals surface area contributed by atoms with E-state index in [0.29, 0.717) is 15.9 Å². The molecule has 0 saturated heterocycles. The van der Waals surface area contributed by atoms with Crippen LogP contribution in [0, 0.1) is 13.8 Å². The lowest BCUT2D eigenvalue weighted by atomic mass is 10.0. The summed E-state index contributed by atoms with van der Waals surface area (Å²) in [7, 11) is 0. The molecule has 0 unspecified atom stereocenters. The van der Waals surface area contributed by atoms with Gasteiger partial charge < -0.3 is 10.1 Å². The Morgan fingerprint density at radius 2 is 1.87 bits per heavy atom. The van der Waals surface area contributed by atoms with Gasteiger partial charge in [-0.05, 0) is 83.0 Å². The molecule has 0 aliphatic rings. The minimum Gasteiger partial charge on any atom is -0.478 e. The Bertz CT molecular complexity index is 1120. The van der Waals surface area contributed by atoms with Gasteiger partial charge >= 0.3 is 0 Å². The van der Waals surface area contributed by atoms with Gasteiger partial charge in [0.25, 0.3) is 5.91 Å². The Kier molecular flexibility index (Phi) is 6.33. The Morgan fingerprint density at radius 1 is 1.20 bits per heavy atom. The summed E-state index contributed by atoms with van der Waals surface area (Å²) < 4.78 is 6.91. The maximum atomic E-state index is 13.0. The van der Waals surface area contributed by atoms with Crippen molar-refractivity contribution >= 4 is 55.6 Å². The zero-order chi connectivity index (χ0) is 22.1. The van der Waals surface area contributed by atoms with Crippen molar-refractivity contribution < 1.29 is 9.53 Å². The second-order valence-corrected chi connectivity index (χ2v) is 9.19. The van der Waals surface area contributed by atoms with Crippen LogP contribution in [-0.2, 0) is 4.79 Å². The molecule has 0 saturated carbocycles. The van der Waals surface area contributed by atoms with E-state index >= 15 is 0 Å². The van der Waals surface area contributed by atoms with E-state index in [1.165, 1.54) is 11.3 Å². The van der Waals surface area contributed by atoms with Crippen LogP contribution >= 0.6 is 22.9 Å². The van der Waals surface area contributed by atoms with E-state index in [9.17, 15) is 4.79 Å². The number of anilines is 2. The van der Waals surface area contributed by atoms with Crippen molar-refractivity contribution in [2.24, 2.45) is 5.10 Å². The average molecular weight is 445 g/mol. The van der Waals surface area contributed by atoms with Crippen LogP contribution in [0.15, 0.2) is 35.4 Å². The number of halogens is 1. The van der Waals surface area contributed by atoms with Crippen LogP contribution in [0.4, 0.5) is 10.8 Å². The van der Waals surface area contributed by atoms with Gasteiger partial charge in [-0.3, -0.25) is 10.2 Å². The summed E-state index contributed by atoms with van der Waals surface area (Å²) in [4.78, 5) is 17.6. The summed E-state index contributed by atoms with van der Waals surface area (Å²) in [6.45, 7) is 11.2. The number of benzene rings is 2. The van der Waals surface area contributed by atoms with Gasteiger partial charge in [0.05, 0.1) is 10.2 Å². The van der Waals surface area contributed by atoms with Gasteiger partial charge in [-0.15, -0.1) is 0 Å². The summed E-state index contributed by atoms with van der Waals surface area (Å²) in [6.07, 6.45) is 0.